The summed E-state index contributed by atoms with van der Waals surface area (Å²) in [6.07, 6.45) is -4.44. The van der Waals surface area contributed by atoms with Gasteiger partial charge in [0.2, 0.25) is 0 Å². The Labute approximate surface area is 90.8 Å². The minimum atomic E-state index is -4.44. The van der Waals surface area contributed by atoms with E-state index in [0.717, 1.165) is 12.1 Å². The molecule has 0 aliphatic heterocycles. The molecule has 1 N–H and O–H groups in total. The molecule has 16 heavy (non-hydrogen) atoms. The Morgan fingerprint density at radius 1 is 1.31 bits per heavy atom. The van der Waals surface area contributed by atoms with Crippen molar-refractivity contribution in [3.05, 3.63) is 35.4 Å². The number of carbonyl (C=O) groups excluding carboxylic acids is 1. The van der Waals surface area contributed by atoms with Crippen LogP contribution in [-0.4, -0.2) is 25.0 Å². The third-order valence-electron chi connectivity index (χ3n) is 1.78. The van der Waals surface area contributed by atoms with E-state index in [9.17, 15) is 18.0 Å². The predicted molar refractivity (Wildman–Crippen MR) is 52.6 cm³/mol. The number of alkyl halides is 3. The van der Waals surface area contributed by atoms with Crippen molar-refractivity contribution in [2.24, 2.45) is 0 Å². The number of rotatable bonds is 2. The normalized spacial score (nSPS) is 11.6. The number of carbonyl (C=O) groups is 1. The lowest BCUT2D eigenvalue weighted by molar-refractivity contribution is -0.137. The first-order chi connectivity index (χ1) is 7.30. The average molecular weight is 232 g/mol. The summed E-state index contributed by atoms with van der Waals surface area (Å²) in [6.45, 7) is 0. The molecule has 0 aromatic heterocycles. The number of benzene rings is 1. The Hall–Kier alpha value is -1.56. The van der Waals surface area contributed by atoms with Crippen molar-refractivity contribution in [2.75, 3.05) is 14.1 Å². The Morgan fingerprint density at radius 3 is 2.44 bits per heavy atom. The molecule has 0 aliphatic rings. The topological polar surface area (TPSA) is 32.3 Å². The second-order valence-electron chi connectivity index (χ2n) is 3.41. The van der Waals surface area contributed by atoms with E-state index in [4.69, 9.17) is 0 Å². The first-order valence-electron chi connectivity index (χ1n) is 4.46. The summed E-state index contributed by atoms with van der Waals surface area (Å²) >= 11 is 0. The Bertz CT molecular complexity index is 388. The van der Waals surface area contributed by atoms with Gasteiger partial charge < -0.3 is 0 Å². The number of hydrogen-bond acceptors (Lipinski definition) is 2. The maximum absolute atomic E-state index is 12.4. The molecule has 1 rings (SSSR count). The molecule has 0 radical (unpaired) electrons. The van der Waals surface area contributed by atoms with E-state index >= 15 is 0 Å². The van der Waals surface area contributed by atoms with Gasteiger partial charge in [0.15, 0.2) is 0 Å². The fourth-order valence-corrected chi connectivity index (χ4v) is 1.10. The van der Waals surface area contributed by atoms with Gasteiger partial charge in [0, 0.05) is 19.7 Å². The molecule has 3 nitrogen and oxygen atoms in total. The number of halogens is 3. The lowest BCUT2D eigenvalue weighted by Gasteiger charge is -2.13. The van der Waals surface area contributed by atoms with Crippen molar-refractivity contribution >= 4 is 5.91 Å². The highest BCUT2D eigenvalue weighted by atomic mass is 19.4. The zero-order valence-corrected chi connectivity index (χ0v) is 8.80. The van der Waals surface area contributed by atoms with Crippen molar-refractivity contribution < 1.29 is 18.0 Å². The first-order valence-corrected chi connectivity index (χ1v) is 4.46. The lowest BCUT2D eigenvalue weighted by atomic mass is 10.1. The summed E-state index contributed by atoms with van der Waals surface area (Å²) < 4.78 is 37.1. The van der Waals surface area contributed by atoms with Crippen LogP contribution >= 0.6 is 0 Å². The van der Waals surface area contributed by atoms with E-state index < -0.39 is 17.6 Å². The Morgan fingerprint density at radius 2 is 1.94 bits per heavy atom. The van der Waals surface area contributed by atoms with E-state index in [-0.39, 0.29) is 5.56 Å². The van der Waals surface area contributed by atoms with Crippen LogP contribution in [0.5, 0.6) is 0 Å². The van der Waals surface area contributed by atoms with Crippen LogP contribution < -0.4 is 5.43 Å². The van der Waals surface area contributed by atoms with Crippen LogP contribution in [0.1, 0.15) is 15.9 Å². The number of nitrogens with zero attached hydrogens (tertiary/aromatic N) is 1. The molecule has 0 bridgehead atoms. The third-order valence-corrected chi connectivity index (χ3v) is 1.78. The summed E-state index contributed by atoms with van der Waals surface area (Å²) in [5.41, 5.74) is 1.51. The molecule has 1 aromatic rings. The van der Waals surface area contributed by atoms with Crippen molar-refractivity contribution in [1.29, 1.82) is 0 Å². The fraction of sp³-hybridized carbons (Fsp3) is 0.300. The molecule has 0 saturated heterocycles. The Kier molecular flexibility index (Phi) is 3.54. The highest BCUT2D eigenvalue weighted by molar-refractivity contribution is 5.94. The number of nitrogens with one attached hydrogen (secondary N) is 1. The van der Waals surface area contributed by atoms with E-state index in [1.807, 2.05) is 0 Å². The van der Waals surface area contributed by atoms with Crippen LogP contribution in [0.4, 0.5) is 13.2 Å². The SMILES string of the molecule is CN(C)NC(=O)c1cccc(C(F)(F)F)c1. The Balaban J connectivity index is 2.95. The molecule has 0 unspecified atom stereocenters. The van der Waals surface area contributed by atoms with Crippen LogP contribution in [0.3, 0.4) is 0 Å². The number of amides is 1. The molecule has 6 heteroatoms. The van der Waals surface area contributed by atoms with Gasteiger partial charge in [0.1, 0.15) is 0 Å². The lowest BCUT2D eigenvalue weighted by Crippen LogP contribution is -2.36. The highest BCUT2D eigenvalue weighted by Crippen LogP contribution is 2.29. The van der Waals surface area contributed by atoms with Crippen molar-refractivity contribution in [3.8, 4) is 0 Å². The van der Waals surface area contributed by atoms with Crippen LogP contribution in [0.25, 0.3) is 0 Å². The molecule has 0 heterocycles. The average Bonchev–Trinajstić information content (AvgIpc) is 2.15. The van der Waals surface area contributed by atoms with Gasteiger partial charge in [-0.1, -0.05) is 6.07 Å². The van der Waals surface area contributed by atoms with E-state index in [1.54, 1.807) is 14.1 Å². The predicted octanol–water partition coefficient (Wildman–Crippen LogP) is 1.91. The molecule has 0 fully saturated rings. The summed E-state index contributed by atoms with van der Waals surface area (Å²) in [5.74, 6) is -0.573. The van der Waals surface area contributed by atoms with E-state index in [0.29, 0.717) is 0 Å². The van der Waals surface area contributed by atoms with Gasteiger partial charge in [-0.25, -0.2) is 5.01 Å². The van der Waals surface area contributed by atoms with Crippen LogP contribution in [0.15, 0.2) is 24.3 Å². The molecular weight excluding hydrogens is 221 g/mol. The molecular formula is C10H11F3N2O. The molecule has 1 aromatic carbocycles. The van der Waals surface area contributed by atoms with Crippen molar-refractivity contribution in [3.63, 3.8) is 0 Å². The maximum atomic E-state index is 12.4. The molecule has 0 aliphatic carbocycles. The third kappa shape index (κ3) is 3.23. The molecule has 88 valence electrons. The monoisotopic (exact) mass is 232 g/mol. The van der Waals surface area contributed by atoms with E-state index in [2.05, 4.69) is 5.43 Å². The zero-order valence-electron chi connectivity index (χ0n) is 8.80. The smallest absolute Gasteiger partial charge is 0.285 e. The van der Waals surface area contributed by atoms with Gasteiger partial charge in [-0.05, 0) is 18.2 Å². The zero-order chi connectivity index (χ0) is 12.3. The van der Waals surface area contributed by atoms with Gasteiger partial charge in [0.25, 0.3) is 5.91 Å². The number of hydrogen-bond donors (Lipinski definition) is 1. The summed E-state index contributed by atoms with van der Waals surface area (Å²) in [5, 5.41) is 1.36. The van der Waals surface area contributed by atoms with Crippen molar-refractivity contribution in [1.82, 2.24) is 10.4 Å². The molecule has 0 spiro atoms. The van der Waals surface area contributed by atoms with Crippen LogP contribution in [-0.2, 0) is 6.18 Å². The summed E-state index contributed by atoms with van der Waals surface area (Å²) in [6, 6.07) is 4.27. The first kappa shape index (κ1) is 12.5. The van der Waals surface area contributed by atoms with Gasteiger partial charge in [0.05, 0.1) is 5.56 Å². The van der Waals surface area contributed by atoms with Crippen molar-refractivity contribution in [2.45, 2.75) is 6.18 Å². The van der Waals surface area contributed by atoms with Crippen LogP contribution in [0, 0.1) is 0 Å². The second-order valence-corrected chi connectivity index (χ2v) is 3.41. The standard InChI is InChI=1S/C10H11F3N2O/c1-15(2)14-9(16)7-4-3-5-8(6-7)10(11,12)13/h3-6H,1-2H3,(H,14,16). The molecule has 0 atom stereocenters. The summed E-state index contributed by atoms with van der Waals surface area (Å²) in [7, 11) is 3.15. The van der Waals surface area contributed by atoms with Gasteiger partial charge in [-0.2, -0.15) is 13.2 Å². The molecule has 0 saturated carbocycles. The summed E-state index contributed by atoms with van der Waals surface area (Å²) in [4.78, 5) is 11.4. The fourth-order valence-electron chi connectivity index (χ4n) is 1.10. The second kappa shape index (κ2) is 4.52. The largest absolute Gasteiger partial charge is 0.416 e. The maximum Gasteiger partial charge on any atom is 0.416 e. The highest BCUT2D eigenvalue weighted by Gasteiger charge is 2.30. The quantitative estimate of drug-likeness (QED) is 0.790. The van der Waals surface area contributed by atoms with Gasteiger partial charge in [-0.3, -0.25) is 10.2 Å². The van der Waals surface area contributed by atoms with E-state index in [1.165, 1.54) is 17.1 Å². The van der Waals surface area contributed by atoms with Gasteiger partial charge >= 0.3 is 6.18 Å². The van der Waals surface area contributed by atoms with Crippen LogP contribution in [0.2, 0.25) is 0 Å². The minimum Gasteiger partial charge on any atom is -0.285 e. The van der Waals surface area contributed by atoms with Gasteiger partial charge in [-0.15, -0.1) is 0 Å². The molecule has 1 amide bonds. The minimum absolute atomic E-state index is 0.0245. The number of hydrazine groups is 1.